The largest absolute Gasteiger partial charge is 0.340 e. The van der Waals surface area contributed by atoms with Crippen LogP contribution in [0.4, 0.5) is 0 Å². The van der Waals surface area contributed by atoms with Crippen LogP contribution in [0.5, 0.6) is 0 Å². The Kier molecular flexibility index (Phi) is 5.05. The van der Waals surface area contributed by atoms with E-state index < -0.39 is 0 Å². The Morgan fingerprint density at radius 2 is 2.27 bits per heavy atom. The maximum absolute atomic E-state index is 11.5. The van der Waals surface area contributed by atoms with Crippen molar-refractivity contribution in [1.29, 1.82) is 0 Å². The highest BCUT2D eigenvalue weighted by molar-refractivity contribution is 5.78. The molecule has 1 aliphatic rings. The molecule has 0 aliphatic carbocycles. The molecule has 15 heavy (non-hydrogen) atoms. The number of amides is 1. The molecule has 0 aromatic rings. The minimum absolute atomic E-state index is 0.0662. The van der Waals surface area contributed by atoms with Gasteiger partial charge in [0.05, 0.1) is 6.54 Å². The summed E-state index contributed by atoms with van der Waals surface area (Å²) in [7, 11) is 2.14. The van der Waals surface area contributed by atoms with E-state index in [0.29, 0.717) is 6.04 Å². The SMILES string of the molecule is CCN(C[C@@H]1CCCCN1C)C(=O)CN. The third-order valence-corrected chi connectivity index (χ3v) is 3.26. The van der Waals surface area contributed by atoms with Crippen molar-refractivity contribution in [3.63, 3.8) is 0 Å². The molecule has 0 spiro atoms. The standard InChI is InChI=1S/C11H23N3O/c1-3-14(11(15)8-12)9-10-6-4-5-7-13(10)2/h10H,3-9,12H2,1-2H3/t10-/m0/s1. The van der Waals surface area contributed by atoms with Crippen LogP contribution in [0.3, 0.4) is 0 Å². The van der Waals surface area contributed by atoms with Crippen molar-refractivity contribution in [1.82, 2.24) is 9.80 Å². The van der Waals surface area contributed by atoms with Gasteiger partial charge in [-0.15, -0.1) is 0 Å². The minimum atomic E-state index is 0.0662. The molecule has 88 valence electrons. The Balaban J connectivity index is 2.46. The van der Waals surface area contributed by atoms with E-state index in [4.69, 9.17) is 5.73 Å². The Hall–Kier alpha value is -0.610. The first-order valence-electron chi connectivity index (χ1n) is 5.87. The molecule has 1 rings (SSSR count). The second kappa shape index (κ2) is 6.08. The van der Waals surface area contributed by atoms with E-state index in [1.54, 1.807) is 0 Å². The second-order valence-electron chi connectivity index (χ2n) is 4.27. The van der Waals surface area contributed by atoms with Crippen molar-refractivity contribution < 1.29 is 4.79 Å². The number of hydrogen-bond donors (Lipinski definition) is 1. The molecule has 0 radical (unpaired) electrons. The monoisotopic (exact) mass is 213 g/mol. The van der Waals surface area contributed by atoms with E-state index >= 15 is 0 Å². The van der Waals surface area contributed by atoms with Gasteiger partial charge in [0.1, 0.15) is 0 Å². The Labute approximate surface area is 92.4 Å². The van der Waals surface area contributed by atoms with Crippen LogP contribution in [0.15, 0.2) is 0 Å². The third kappa shape index (κ3) is 3.47. The van der Waals surface area contributed by atoms with Gasteiger partial charge in [-0.05, 0) is 33.4 Å². The number of carbonyl (C=O) groups is 1. The molecule has 1 atom stereocenters. The molecule has 0 saturated carbocycles. The summed E-state index contributed by atoms with van der Waals surface area (Å²) in [6.07, 6.45) is 3.76. The number of piperidine rings is 1. The van der Waals surface area contributed by atoms with Gasteiger partial charge in [-0.1, -0.05) is 6.42 Å². The molecule has 1 saturated heterocycles. The Morgan fingerprint density at radius 1 is 1.53 bits per heavy atom. The summed E-state index contributed by atoms with van der Waals surface area (Å²) in [6, 6.07) is 0.522. The molecule has 2 N–H and O–H groups in total. The number of hydrogen-bond acceptors (Lipinski definition) is 3. The number of nitrogens with two attached hydrogens (primary N) is 1. The van der Waals surface area contributed by atoms with E-state index in [-0.39, 0.29) is 12.5 Å². The van der Waals surface area contributed by atoms with Crippen molar-refractivity contribution >= 4 is 5.91 Å². The van der Waals surface area contributed by atoms with Crippen LogP contribution >= 0.6 is 0 Å². The molecule has 1 heterocycles. The molecule has 0 aromatic carbocycles. The second-order valence-corrected chi connectivity index (χ2v) is 4.27. The molecule has 0 unspecified atom stereocenters. The fourth-order valence-corrected chi connectivity index (χ4v) is 2.17. The normalized spacial score (nSPS) is 22.7. The molecule has 4 nitrogen and oxygen atoms in total. The van der Waals surface area contributed by atoms with Crippen LogP contribution < -0.4 is 5.73 Å². The van der Waals surface area contributed by atoms with Crippen molar-refractivity contribution in [2.45, 2.75) is 32.2 Å². The van der Waals surface area contributed by atoms with E-state index in [0.717, 1.165) is 19.6 Å². The topological polar surface area (TPSA) is 49.6 Å². The van der Waals surface area contributed by atoms with Gasteiger partial charge in [0, 0.05) is 19.1 Å². The average Bonchev–Trinajstić information content (AvgIpc) is 2.27. The summed E-state index contributed by atoms with van der Waals surface area (Å²) in [5.74, 6) is 0.0662. The Morgan fingerprint density at radius 3 is 2.80 bits per heavy atom. The predicted molar refractivity (Wildman–Crippen MR) is 61.6 cm³/mol. The number of nitrogens with zero attached hydrogens (tertiary/aromatic N) is 2. The van der Waals surface area contributed by atoms with Crippen LogP contribution in [-0.4, -0.2) is 55.0 Å². The molecule has 0 bridgehead atoms. The quantitative estimate of drug-likeness (QED) is 0.729. The smallest absolute Gasteiger partial charge is 0.236 e. The zero-order valence-electron chi connectivity index (χ0n) is 9.91. The highest BCUT2D eigenvalue weighted by Gasteiger charge is 2.22. The molecular formula is C11H23N3O. The van der Waals surface area contributed by atoms with Crippen LogP contribution in [-0.2, 0) is 4.79 Å². The first-order valence-corrected chi connectivity index (χ1v) is 5.87. The summed E-state index contributed by atoms with van der Waals surface area (Å²) in [5.41, 5.74) is 5.38. The van der Waals surface area contributed by atoms with Gasteiger partial charge in [-0.3, -0.25) is 4.79 Å². The fourth-order valence-electron chi connectivity index (χ4n) is 2.17. The van der Waals surface area contributed by atoms with Crippen molar-refractivity contribution in [3.8, 4) is 0 Å². The van der Waals surface area contributed by atoms with Crippen LogP contribution in [0.2, 0.25) is 0 Å². The lowest BCUT2D eigenvalue weighted by Crippen LogP contribution is -2.47. The minimum Gasteiger partial charge on any atom is -0.340 e. The number of likely N-dealkylation sites (N-methyl/N-ethyl adjacent to an activating group) is 2. The van der Waals surface area contributed by atoms with Crippen molar-refractivity contribution in [3.05, 3.63) is 0 Å². The van der Waals surface area contributed by atoms with E-state index in [1.165, 1.54) is 19.3 Å². The van der Waals surface area contributed by atoms with Gasteiger partial charge < -0.3 is 15.5 Å². The van der Waals surface area contributed by atoms with Crippen LogP contribution in [0, 0.1) is 0 Å². The zero-order chi connectivity index (χ0) is 11.3. The molecule has 0 aromatic heterocycles. The first kappa shape index (κ1) is 12.5. The molecule has 1 amide bonds. The Bertz CT molecular complexity index is 208. The van der Waals surface area contributed by atoms with Gasteiger partial charge >= 0.3 is 0 Å². The molecule has 1 aliphatic heterocycles. The summed E-state index contributed by atoms with van der Waals surface area (Å²) in [5, 5.41) is 0. The predicted octanol–water partition coefficient (Wildman–Crippen LogP) is 0.278. The van der Waals surface area contributed by atoms with Crippen LogP contribution in [0.1, 0.15) is 26.2 Å². The van der Waals surface area contributed by atoms with Gasteiger partial charge in [0.25, 0.3) is 0 Å². The lowest BCUT2D eigenvalue weighted by atomic mass is 10.0. The number of carbonyl (C=O) groups excluding carboxylic acids is 1. The van der Waals surface area contributed by atoms with E-state index in [2.05, 4.69) is 11.9 Å². The molecule has 4 heteroatoms. The molecule has 1 fully saturated rings. The lowest BCUT2D eigenvalue weighted by molar-refractivity contribution is -0.130. The maximum atomic E-state index is 11.5. The fraction of sp³-hybridized carbons (Fsp3) is 0.909. The number of rotatable bonds is 4. The van der Waals surface area contributed by atoms with Gasteiger partial charge in [0.2, 0.25) is 5.91 Å². The average molecular weight is 213 g/mol. The van der Waals surface area contributed by atoms with Crippen LogP contribution in [0.25, 0.3) is 0 Å². The third-order valence-electron chi connectivity index (χ3n) is 3.26. The summed E-state index contributed by atoms with van der Waals surface area (Å²) >= 11 is 0. The van der Waals surface area contributed by atoms with Gasteiger partial charge in [0.15, 0.2) is 0 Å². The summed E-state index contributed by atoms with van der Waals surface area (Å²) < 4.78 is 0. The summed E-state index contributed by atoms with van der Waals surface area (Å²) in [4.78, 5) is 15.7. The first-order chi connectivity index (χ1) is 7.19. The van der Waals surface area contributed by atoms with E-state index in [1.807, 2.05) is 11.8 Å². The van der Waals surface area contributed by atoms with Crippen molar-refractivity contribution in [2.75, 3.05) is 33.2 Å². The van der Waals surface area contributed by atoms with Gasteiger partial charge in [-0.2, -0.15) is 0 Å². The lowest BCUT2D eigenvalue weighted by Gasteiger charge is -2.36. The van der Waals surface area contributed by atoms with Gasteiger partial charge in [-0.25, -0.2) is 0 Å². The zero-order valence-corrected chi connectivity index (χ0v) is 9.91. The number of likely N-dealkylation sites (tertiary alicyclic amines) is 1. The van der Waals surface area contributed by atoms with Crippen molar-refractivity contribution in [2.24, 2.45) is 5.73 Å². The highest BCUT2D eigenvalue weighted by Crippen LogP contribution is 2.15. The summed E-state index contributed by atoms with van der Waals surface area (Å²) in [6.45, 7) is 4.89. The highest BCUT2D eigenvalue weighted by atomic mass is 16.2. The molecular weight excluding hydrogens is 190 g/mol. The van der Waals surface area contributed by atoms with E-state index in [9.17, 15) is 4.79 Å². The maximum Gasteiger partial charge on any atom is 0.236 e.